The number of phenolic OH excluding ortho intramolecular Hbond substituents is 1. The minimum absolute atomic E-state index is 0.282. The fourth-order valence-corrected chi connectivity index (χ4v) is 4.22. The highest BCUT2D eigenvalue weighted by molar-refractivity contribution is 5.88. The van der Waals surface area contributed by atoms with Crippen LogP contribution < -0.4 is 5.32 Å². The molecule has 2 aromatic carbocycles. The van der Waals surface area contributed by atoms with Crippen molar-refractivity contribution >= 4 is 16.7 Å². The lowest BCUT2D eigenvalue weighted by molar-refractivity contribution is 0.481. The number of benzene rings is 2. The van der Waals surface area contributed by atoms with E-state index in [1.54, 1.807) is 6.07 Å². The van der Waals surface area contributed by atoms with Crippen molar-refractivity contribution in [3.8, 4) is 11.7 Å². The lowest BCUT2D eigenvalue weighted by atomic mass is 9.96. The number of aromatic nitrogens is 3. The van der Waals surface area contributed by atoms with Crippen LogP contribution >= 0.6 is 0 Å². The van der Waals surface area contributed by atoms with Crippen molar-refractivity contribution in [2.24, 2.45) is 0 Å². The molecule has 146 valence electrons. The summed E-state index contributed by atoms with van der Waals surface area (Å²) in [5, 5.41) is 14.6. The third kappa shape index (κ3) is 3.23. The average molecular weight is 384 g/mol. The Kier molecular flexibility index (Phi) is 4.43. The summed E-state index contributed by atoms with van der Waals surface area (Å²) in [5.41, 5.74) is 5.54. The number of hydrogen-bond acceptors (Lipinski definition) is 4. The van der Waals surface area contributed by atoms with Gasteiger partial charge in [-0.25, -0.2) is 4.98 Å². The summed E-state index contributed by atoms with van der Waals surface area (Å²) in [7, 11) is 0. The van der Waals surface area contributed by atoms with E-state index in [9.17, 15) is 5.11 Å². The molecule has 0 saturated heterocycles. The maximum Gasteiger partial charge on any atom is 0.236 e. The largest absolute Gasteiger partial charge is 0.507 e. The number of nitrogens with one attached hydrogen (secondary N) is 1. The van der Waals surface area contributed by atoms with Gasteiger partial charge < -0.3 is 10.4 Å². The van der Waals surface area contributed by atoms with Crippen molar-refractivity contribution in [1.29, 1.82) is 0 Å². The molecule has 4 aromatic rings. The van der Waals surface area contributed by atoms with Gasteiger partial charge in [-0.2, -0.15) is 4.98 Å². The molecule has 29 heavy (non-hydrogen) atoms. The SMILES string of the molecule is Cc1cc2c(O)cccc2n1-c1nc2c(c(NCc3ccccc3)n1)CCCC2. The number of rotatable bonds is 4. The van der Waals surface area contributed by atoms with Gasteiger partial charge >= 0.3 is 0 Å². The van der Waals surface area contributed by atoms with Crippen molar-refractivity contribution in [1.82, 2.24) is 14.5 Å². The van der Waals surface area contributed by atoms with Crippen LogP contribution in [0.1, 0.15) is 35.4 Å². The Morgan fingerprint density at radius 3 is 2.69 bits per heavy atom. The van der Waals surface area contributed by atoms with Gasteiger partial charge in [0.05, 0.1) is 11.2 Å². The van der Waals surface area contributed by atoms with Gasteiger partial charge in [-0.1, -0.05) is 36.4 Å². The number of nitrogens with zero attached hydrogens (tertiary/aromatic N) is 3. The van der Waals surface area contributed by atoms with E-state index in [0.29, 0.717) is 5.95 Å². The Hall–Kier alpha value is -3.34. The molecular formula is C24H24N4O. The van der Waals surface area contributed by atoms with Crippen molar-refractivity contribution in [3.05, 3.63) is 77.1 Å². The number of phenols is 1. The Bertz CT molecular complexity index is 1180. The van der Waals surface area contributed by atoms with E-state index in [1.807, 2.05) is 35.8 Å². The van der Waals surface area contributed by atoms with Gasteiger partial charge in [0.15, 0.2) is 0 Å². The highest BCUT2D eigenvalue weighted by atomic mass is 16.3. The van der Waals surface area contributed by atoms with Gasteiger partial charge in [0, 0.05) is 23.2 Å². The summed E-state index contributed by atoms with van der Waals surface area (Å²) in [6.07, 6.45) is 4.33. The van der Waals surface area contributed by atoms with Crippen molar-refractivity contribution in [2.75, 3.05) is 5.32 Å². The van der Waals surface area contributed by atoms with Gasteiger partial charge in [0.2, 0.25) is 5.95 Å². The molecule has 0 unspecified atom stereocenters. The fraction of sp³-hybridized carbons (Fsp3) is 0.250. The molecule has 2 aromatic heterocycles. The summed E-state index contributed by atoms with van der Waals surface area (Å²) >= 11 is 0. The van der Waals surface area contributed by atoms with Crippen LogP contribution in [0, 0.1) is 6.92 Å². The fourth-order valence-electron chi connectivity index (χ4n) is 4.22. The van der Waals surface area contributed by atoms with E-state index in [-0.39, 0.29) is 5.75 Å². The maximum absolute atomic E-state index is 10.2. The first kappa shape index (κ1) is 17.7. The third-order valence-corrected chi connectivity index (χ3v) is 5.68. The molecule has 0 saturated carbocycles. The lowest BCUT2D eigenvalue weighted by Crippen LogP contribution is -2.16. The Labute approximate surface area is 170 Å². The molecule has 0 atom stereocenters. The zero-order chi connectivity index (χ0) is 19.8. The standard InChI is InChI=1S/C24H24N4O/c1-16-14-19-21(12-7-13-22(19)29)28(16)24-26-20-11-6-5-10-18(20)23(27-24)25-15-17-8-3-2-4-9-17/h2-4,7-9,12-14,29H,5-6,10-11,15H2,1H3,(H,25,26,27). The molecule has 1 aliphatic rings. The highest BCUT2D eigenvalue weighted by Gasteiger charge is 2.20. The van der Waals surface area contributed by atoms with E-state index < -0.39 is 0 Å². The van der Waals surface area contributed by atoms with Crippen LogP contribution in [0.2, 0.25) is 0 Å². The number of fused-ring (bicyclic) bond motifs is 2. The first-order chi connectivity index (χ1) is 14.2. The molecule has 5 nitrogen and oxygen atoms in total. The summed E-state index contributed by atoms with van der Waals surface area (Å²) in [5.74, 6) is 1.87. The van der Waals surface area contributed by atoms with Gasteiger partial charge in [-0.05, 0) is 56.4 Å². The summed E-state index contributed by atoms with van der Waals surface area (Å²) < 4.78 is 2.04. The number of aromatic hydroxyl groups is 1. The van der Waals surface area contributed by atoms with Crippen LogP contribution in [-0.4, -0.2) is 19.6 Å². The molecule has 0 amide bonds. The predicted molar refractivity (Wildman–Crippen MR) is 116 cm³/mol. The molecule has 5 heteroatoms. The van der Waals surface area contributed by atoms with Gasteiger partial charge in [-0.15, -0.1) is 0 Å². The zero-order valence-corrected chi connectivity index (χ0v) is 16.5. The highest BCUT2D eigenvalue weighted by Crippen LogP contribution is 2.32. The third-order valence-electron chi connectivity index (χ3n) is 5.68. The Morgan fingerprint density at radius 1 is 1.00 bits per heavy atom. The van der Waals surface area contributed by atoms with Crippen LogP contribution in [0.25, 0.3) is 16.9 Å². The van der Waals surface area contributed by atoms with Gasteiger partial charge in [-0.3, -0.25) is 4.57 Å². The molecule has 0 bridgehead atoms. The molecular weight excluding hydrogens is 360 g/mol. The number of hydrogen-bond donors (Lipinski definition) is 2. The topological polar surface area (TPSA) is 63.0 Å². The van der Waals surface area contributed by atoms with E-state index in [2.05, 4.69) is 29.6 Å². The second-order valence-corrected chi connectivity index (χ2v) is 7.67. The molecule has 5 rings (SSSR count). The van der Waals surface area contributed by atoms with Gasteiger partial charge in [0.1, 0.15) is 11.6 Å². The van der Waals surface area contributed by atoms with Crippen molar-refractivity contribution in [3.63, 3.8) is 0 Å². The molecule has 0 aliphatic heterocycles. The second kappa shape index (κ2) is 7.24. The smallest absolute Gasteiger partial charge is 0.236 e. The first-order valence-corrected chi connectivity index (χ1v) is 10.2. The van der Waals surface area contributed by atoms with Crippen LogP contribution in [0.3, 0.4) is 0 Å². The maximum atomic E-state index is 10.2. The van der Waals surface area contributed by atoms with E-state index in [0.717, 1.165) is 53.9 Å². The number of aryl methyl sites for hydroxylation is 2. The first-order valence-electron chi connectivity index (χ1n) is 10.2. The van der Waals surface area contributed by atoms with Crippen molar-refractivity contribution in [2.45, 2.75) is 39.2 Å². The second-order valence-electron chi connectivity index (χ2n) is 7.67. The van der Waals surface area contributed by atoms with Crippen LogP contribution in [0.15, 0.2) is 54.6 Å². The van der Waals surface area contributed by atoms with Crippen LogP contribution in [0.5, 0.6) is 5.75 Å². The van der Waals surface area contributed by atoms with Crippen LogP contribution in [-0.2, 0) is 19.4 Å². The van der Waals surface area contributed by atoms with Crippen LogP contribution in [0.4, 0.5) is 5.82 Å². The zero-order valence-electron chi connectivity index (χ0n) is 16.5. The lowest BCUT2D eigenvalue weighted by Gasteiger charge is -2.20. The molecule has 0 fully saturated rings. The van der Waals surface area contributed by atoms with E-state index in [1.165, 1.54) is 17.5 Å². The summed E-state index contributed by atoms with van der Waals surface area (Å²) in [4.78, 5) is 9.89. The minimum Gasteiger partial charge on any atom is -0.507 e. The minimum atomic E-state index is 0.282. The molecule has 2 N–H and O–H groups in total. The van der Waals surface area contributed by atoms with Crippen molar-refractivity contribution < 1.29 is 5.11 Å². The normalized spacial score (nSPS) is 13.4. The van der Waals surface area contributed by atoms with E-state index in [4.69, 9.17) is 9.97 Å². The predicted octanol–water partition coefficient (Wildman–Crippen LogP) is 4.93. The molecule has 1 aliphatic carbocycles. The summed E-state index contributed by atoms with van der Waals surface area (Å²) in [6.45, 7) is 2.76. The van der Waals surface area contributed by atoms with Gasteiger partial charge in [0.25, 0.3) is 0 Å². The summed E-state index contributed by atoms with van der Waals surface area (Å²) in [6, 6.07) is 17.9. The molecule has 0 spiro atoms. The van der Waals surface area contributed by atoms with E-state index >= 15 is 0 Å². The molecule has 0 radical (unpaired) electrons. The monoisotopic (exact) mass is 384 g/mol. The number of anilines is 1. The Morgan fingerprint density at radius 2 is 1.83 bits per heavy atom. The quantitative estimate of drug-likeness (QED) is 0.524. The Balaban J connectivity index is 1.61. The average Bonchev–Trinajstić information content (AvgIpc) is 3.10. The molecule has 2 heterocycles.